The molecule has 0 heterocycles. The van der Waals surface area contributed by atoms with Crippen molar-refractivity contribution in [1.29, 1.82) is 0 Å². The number of hydrogen-bond donors (Lipinski definition) is 3. The second kappa shape index (κ2) is 7.55. The van der Waals surface area contributed by atoms with Crippen LogP contribution in [0.2, 0.25) is 0 Å². The minimum atomic E-state index is -0.252. The summed E-state index contributed by atoms with van der Waals surface area (Å²) in [7, 11) is 1.98. The summed E-state index contributed by atoms with van der Waals surface area (Å²) in [5.41, 5.74) is 1.11. The molecular formula is C13H21N3O2. The van der Waals surface area contributed by atoms with E-state index < -0.39 is 0 Å². The molecule has 0 radical (unpaired) electrons. The zero-order valence-electron chi connectivity index (χ0n) is 10.9. The van der Waals surface area contributed by atoms with E-state index in [1.807, 2.05) is 37.4 Å². The molecule has 0 aliphatic rings. The lowest BCUT2D eigenvalue weighted by Gasteiger charge is -2.20. The smallest absolute Gasteiger partial charge is 0.315 e. The van der Waals surface area contributed by atoms with E-state index in [2.05, 4.69) is 15.5 Å². The summed E-state index contributed by atoms with van der Waals surface area (Å²) in [5.74, 6) is 0. The Kier molecular flexibility index (Phi) is 6.00. The standard InChI is InChI=1S/C13H21N3O2/c1-11(10-17)15-13(18)14-8-9-16(2)12-6-4-3-5-7-12/h3-7,11,17H,8-10H2,1-2H3,(H2,14,15,18). The SMILES string of the molecule is CC(CO)NC(=O)NCCN(C)c1ccccc1. The fourth-order valence-electron chi connectivity index (χ4n) is 1.47. The average molecular weight is 251 g/mol. The first kappa shape index (κ1) is 14.3. The third kappa shape index (κ3) is 5.05. The molecule has 0 aliphatic heterocycles. The first-order valence-electron chi connectivity index (χ1n) is 6.05. The highest BCUT2D eigenvalue weighted by molar-refractivity contribution is 5.74. The van der Waals surface area contributed by atoms with Gasteiger partial charge in [0.25, 0.3) is 0 Å². The number of carbonyl (C=O) groups is 1. The zero-order valence-corrected chi connectivity index (χ0v) is 10.9. The van der Waals surface area contributed by atoms with E-state index in [-0.39, 0.29) is 18.7 Å². The fraction of sp³-hybridized carbons (Fsp3) is 0.462. The molecule has 1 aromatic rings. The van der Waals surface area contributed by atoms with E-state index in [4.69, 9.17) is 5.11 Å². The van der Waals surface area contributed by atoms with Crippen LogP contribution in [-0.4, -0.2) is 43.9 Å². The van der Waals surface area contributed by atoms with Gasteiger partial charge in [0, 0.05) is 25.8 Å². The van der Waals surface area contributed by atoms with Crippen molar-refractivity contribution >= 4 is 11.7 Å². The Hall–Kier alpha value is -1.75. The molecule has 3 N–H and O–H groups in total. The van der Waals surface area contributed by atoms with Crippen molar-refractivity contribution in [3.05, 3.63) is 30.3 Å². The molecule has 1 aromatic carbocycles. The van der Waals surface area contributed by atoms with Crippen molar-refractivity contribution in [2.45, 2.75) is 13.0 Å². The van der Waals surface area contributed by atoms with Crippen molar-refractivity contribution in [3.8, 4) is 0 Å². The van der Waals surface area contributed by atoms with Crippen LogP contribution < -0.4 is 15.5 Å². The first-order valence-corrected chi connectivity index (χ1v) is 6.05. The monoisotopic (exact) mass is 251 g/mol. The number of amides is 2. The van der Waals surface area contributed by atoms with Crippen molar-refractivity contribution in [2.24, 2.45) is 0 Å². The Morgan fingerprint density at radius 3 is 2.67 bits per heavy atom. The van der Waals surface area contributed by atoms with Crippen LogP contribution >= 0.6 is 0 Å². The minimum Gasteiger partial charge on any atom is -0.394 e. The van der Waals surface area contributed by atoms with Crippen LogP contribution in [0.3, 0.4) is 0 Å². The summed E-state index contributed by atoms with van der Waals surface area (Å²) < 4.78 is 0. The number of nitrogens with zero attached hydrogens (tertiary/aromatic N) is 1. The summed E-state index contributed by atoms with van der Waals surface area (Å²) in [4.78, 5) is 13.4. The molecular weight excluding hydrogens is 230 g/mol. The molecule has 0 saturated carbocycles. The van der Waals surface area contributed by atoms with E-state index in [0.717, 1.165) is 12.2 Å². The maximum atomic E-state index is 11.4. The van der Waals surface area contributed by atoms with Crippen LogP contribution in [0.25, 0.3) is 0 Å². The van der Waals surface area contributed by atoms with Crippen LogP contribution in [0.4, 0.5) is 10.5 Å². The second-order valence-corrected chi connectivity index (χ2v) is 4.24. The molecule has 0 saturated heterocycles. The molecule has 18 heavy (non-hydrogen) atoms. The Morgan fingerprint density at radius 1 is 1.39 bits per heavy atom. The van der Waals surface area contributed by atoms with Gasteiger partial charge in [0.15, 0.2) is 0 Å². The number of aliphatic hydroxyl groups excluding tert-OH is 1. The number of benzene rings is 1. The molecule has 0 aromatic heterocycles. The summed E-state index contributed by atoms with van der Waals surface area (Å²) in [5, 5.41) is 14.2. The number of para-hydroxylation sites is 1. The number of anilines is 1. The number of hydrogen-bond acceptors (Lipinski definition) is 3. The number of carbonyl (C=O) groups excluding carboxylic acids is 1. The Balaban J connectivity index is 2.23. The highest BCUT2D eigenvalue weighted by Crippen LogP contribution is 2.09. The maximum Gasteiger partial charge on any atom is 0.315 e. The molecule has 0 fully saturated rings. The van der Waals surface area contributed by atoms with Gasteiger partial charge in [-0.25, -0.2) is 4.79 Å². The summed E-state index contributed by atoms with van der Waals surface area (Å²) in [6.07, 6.45) is 0. The molecule has 5 nitrogen and oxygen atoms in total. The predicted octanol–water partition coefficient (Wildman–Crippen LogP) is 0.803. The van der Waals surface area contributed by atoms with E-state index in [0.29, 0.717) is 6.54 Å². The zero-order chi connectivity index (χ0) is 13.4. The molecule has 0 aliphatic carbocycles. The minimum absolute atomic E-state index is 0.0582. The maximum absolute atomic E-state index is 11.4. The van der Waals surface area contributed by atoms with Gasteiger partial charge >= 0.3 is 6.03 Å². The largest absolute Gasteiger partial charge is 0.394 e. The number of rotatable bonds is 6. The van der Waals surface area contributed by atoms with Crippen molar-refractivity contribution in [1.82, 2.24) is 10.6 Å². The third-order valence-electron chi connectivity index (χ3n) is 2.58. The van der Waals surface area contributed by atoms with Gasteiger partial charge in [-0.2, -0.15) is 0 Å². The van der Waals surface area contributed by atoms with E-state index >= 15 is 0 Å². The van der Waals surface area contributed by atoms with E-state index in [1.54, 1.807) is 6.92 Å². The van der Waals surface area contributed by atoms with Crippen molar-refractivity contribution < 1.29 is 9.90 Å². The molecule has 1 atom stereocenters. The lowest BCUT2D eigenvalue weighted by Crippen LogP contribution is -2.44. The molecule has 1 unspecified atom stereocenters. The van der Waals surface area contributed by atoms with Gasteiger partial charge in [-0.3, -0.25) is 0 Å². The van der Waals surface area contributed by atoms with Gasteiger partial charge in [0.1, 0.15) is 0 Å². The summed E-state index contributed by atoms with van der Waals surface area (Å²) in [6.45, 7) is 2.97. The van der Waals surface area contributed by atoms with Gasteiger partial charge in [-0.15, -0.1) is 0 Å². The van der Waals surface area contributed by atoms with E-state index in [9.17, 15) is 4.79 Å². The lowest BCUT2D eigenvalue weighted by atomic mass is 10.3. The van der Waals surface area contributed by atoms with Gasteiger partial charge in [-0.05, 0) is 19.1 Å². The predicted molar refractivity (Wildman–Crippen MR) is 72.8 cm³/mol. The lowest BCUT2D eigenvalue weighted by molar-refractivity contribution is 0.221. The van der Waals surface area contributed by atoms with E-state index in [1.165, 1.54) is 0 Å². The van der Waals surface area contributed by atoms with Crippen LogP contribution in [-0.2, 0) is 0 Å². The van der Waals surface area contributed by atoms with Crippen LogP contribution in [0.5, 0.6) is 0 Å². The Morgan fingerprint density at radius 2 is 2.06 bits per heavy atom. The molecule has 0 spiro atoms. The average Bonchev–Trinajstić information content (AvgIpc) is 2.39. The van der Waals surface area contributed by atoms with Gasteiger partial charge < -0.3 is 20.6 Å². The van der Waals surface area contributed by atoms with Crippen molar-refractivity contribution in [3.63, 3.8) is 0 Å². The van der Waals surface area contributed by atoms with Gasteiger partial charge in [-0.1, -0.05) is 18.2 Å². The molecule has 2 amide bonds. The highest BCUT2D eigenvalue weighted by Gasteiger charge is 2.05. The molecule has 5 heteroatoms. The third-order valence-corrected chi connectivity index (χ3v) is 2.58. The first-order chi connectivity index (χ1) is 8.63. The van der Waals surface area contributed by atoms with Crippen LogP contribution in [0.1, 0.15) is 6.92 Å². The molecule has 100 valence electrons. The quantitative estimate of drug-likeness (QED) is 0.701. The second-order valence-electron chi connectivity index (χ2n) is 4.24. The number of nitrogens with one attached hydrogen (secondary N) is 2. The van der Waals surface area contributed by atoms with Gasteiger partial charge in [0.05, 0.1) is 12.6 Å². The summed E-state index contributed by atoms with van der Waals surface area (Å²) in [6, 6.07) is 9.50. The van der Waals surface area contributed by atoms with Gasteiger partial charge in [0.2, 0.25) is 0 Å². The van der Waals surface area contributed by atoms with Crippen molar-refractivity contribution in [2.75, 3.05) is 31.6 Å². The number of urea groups is 1. The number of likely N-dealkylation sites (N-methyl/N-ethyl adjacent to an activating group) is 1. The fourth-order valence-corrected chi connectivity index (χ4v) is 1.47. The molecule has 0 bridgehead atoms. The number of aliphatic hydroxyl groups is 1. The highest BCUT2D eigenvalue weighted by atomic mass is 16.3. The topological polar surface area (TPSA) is 64.6 Å². The molecule has 1 rings (SSSR count). The van der Waals surface area contributed by atoms with Crippen LogP contribution in [0.15, 0.2) is 30.3 Å². The normalized spacial score (nSPS) is 11.7. The Labute approximate surface area is 108 Å². The Bertz CT molecular complexity index is 357. The summed E-state index contributed by atoms with van der Waals surface area (Å²) >= 11 is 0. The van der Waals surface area contributed by atoms with Crippen LogP contribution in [0, 0.1) is 0 Å².